The average molecular weight is 420 g/mol. The first kappa shape index (κ1) is 20.5. The predicted molar refractivity (Wildman–Crippen MR) is 117 cm³/mol. The maximum Gasteiger partial charge on any atom is 0.293 e. The minimum atomic E-state index is -0.156. The highest BCUT2D eigenvalue weighted by atomic mass is 16.5. The van der Waals surface area contributed by atoms with Crippen LogP contribution in [0, 0.1) is 0 Å². The fourth-order valence-corrected chi connectivity index (χ4v) is 3.80. The third-order valence-corrected chi connectivity index (χ3v) is 5.27. The number of fused-ring (bicyclic) bond motifs is 1. The van der Waals surface area contributed by atoms with Gasteiger partial charge in [0.05, 0.1) is 26.9 Å². The van der Waals surface area contributed by atoms with E-state index in [0.717, 1.165) is 29.7 Å². The Morgan fingerprint density at radius 3 is 2.65 bits per heavy atom. The van der Waals surface area contributed by atoms with Crippen LogP contribution in [-0.2, 0) is 17.6 Å². The molecule has 7 heteroatoms. The first-order chi connectivity index (χ1) is 15.1. The summed E-state index contributed by atoms with van der Waals surface area (Å²) in [5.41, 5.74) is 3.40. The molecule has 0 bridgehead atoms. The first-order valence-electron chi connectivity index (χ1n) is 10.1. The molecule has 0 fully saturated rings. The lowest BCUT2D eigenvalue weighted by Gasteiger charge is -2.29. The molecule has 7 nitrogen and oxygen atoms in total. The smallest absolute Gasteiger partial charge is 0.293 e. The number of nitrogens with one attached hydrogen (secondary N) is 1. The van der Waals surface area contributed by atoms with Crippen molar-refractivity contribution in [3.8, 4) is 11.5 Å². The van der Waals surface area contributed by atoms with E-state index >= 15 is 0 Å². The summed E-state index contributed by atoms with van der Waals surface area (Å²) in [5, 5.41) is 2.95. The number of methoxy groups -OCH3 is 2. The van der Waals surface area contributed by atoms with E-state index in [1.54, 1.807) is 43.4 Å². The molecule has 0 saturated carbocycles. The van der Waals surface area contributed by atoms with E-state index in [1.165, 1.54) is 6.26 Å². The molecule has 0 spiro atoms. The monoisotopic (exact) mass is 420 g/mol. The van der Waals surface area contributed by atoms with Gasteiger partial charge in [-0.15, -0.1) is 0 Å². The number of anilines is 2. The van der Waals surface area contributed by atoms with Gasteiger partial charge in [-0.2, -0.15) is 0 Å². The molecular formula is C24H24N2O5. The van der Waals surface area contributed by atoms with Crippen molar-refractivity contribution >= 4 is 23.2 Å². The fraction of sp³-hybridized carbons (Fsp3) is 0.250. The number of furan rings is 1. The molecule has 2 aromatic carbocycles. The van der Waals surface area contributed by atoms with Crippen LogP contribution in [-0.4, -0.2) is 32.6 Å². The highest BCUT2D eigenvalue weighted by molar-refractivity contribution is 6.05. The third kappa shape index (κ3) is 4.40. The summed E-state index contributed by atoms with van der Waals surface area (Å²) in [4.78, 5) is 27.0. The van der Waals surface area contributed by atoms with Gasteiger partial charge < -0.3 is 24.1 Å². The highest BCUT2D eigenvalue weighted by Gasteiger charge is 2.25. The standard InChI is InChI=1S/C24H24N2O5/c1-29-20-10-7-16(13-22(20)30-2)14-23(27)25-18-8-9-19-17(15-18)5-3-11-26(19)24(28)21-6-4-12-31-21/h4,6-10,12-13,15H,3,5,11,14H2,1-2H3,(H,25,27). The van der Waals surface area contributed by atoms with Crippen LogP contribution in [0.25, 0.3) is 0 Å². The predicted octanol–water partition coefficient (Wildman–Crippen LogP) is 4.07. The van der Waals surface area contributed by atoms with Crippen molar-refractivity contribution < 1.29 is 23.5 Å². The van der Waals surface area contributed by atoms with Gasteiger partial charge in [-0.3, -0.25) is 9.59 Å². The minimum absolute atomic E-state index is 0.133. The van der Waals surface area contributed by atoms with Gasteiger partial charge in [0.15, 0.2) is 17.3 Å². The third-order valence-electron chi connectivity index (χ3n) is 5.27. The SMILES string of the molecule is COc1ccc(CC(=O)Nc2ccc3c(c2)CCCN3C(=O)c2ccco2)cc1OC. The van der Waals surface area contributed by atoms with E-state index in [-0.39, 0.29) is 18.2 Å². The highest BCUT2D eigenvalue weighted by Crippen LogP contribution is 2.31. The molecule has 1 aliphatic rings. The number of hydrogen-bond donors (Lipinski definition) is 1. The Bertz CT molecular complexity index is 1090. The number of carbonyl (C=O) groups is 2. The Morgan fingerprint density at radius 2 is 1.90 bits per heavy atom. The molecule has 0 aliphatic carbocycles. The topological polar surface area (TPSA) is 81.0 Å². The zero-order valence-electron chi connectivity index (χ0n) is 17.5. The van der Waals surface area contributed by atoms with Crippen LogP contribution in [0.4, 0.5) is 11.4 Å². The summed E-state index contributed by atoms with van der Waals surface area (Å²) >= 11 is 0. The number of rotatable bonds is 6. The van der Waals surface area contributed by atoms with Crippen LogP contribution in [0.1, 0.15) is 28.1 Å². The van der Waals surface area contributed by atoms with Crippen molar-refractivity contribution in [3.63, 3.8) is 0 Å². The van der Waals surface area contributed by atoms with E-state index in [1.807, 2.05) is 24.3 Å². The Balaban J connectivity index is 1.47. The van der Waals surface area contributed by atoms with E-state index in [9.17, 15) is 9.59 Å². The molecule has 1 aliphatic heterocycles. The molecule has 160 valence electrons. The van der Waals surface area contributed by atoms with Crippen molar-refractivity contribution in [1.82, 2.24) is 0 Å². The van der Waals surface area contributed by atoms with Gasteiger partial charge in [0.2, 0.25) is 5.91 Å². The van der Waals surface area contributed by atoms with Gasteiger partial charge in [-0.1, -0.05) is 6.07 Å². The Morgan fingerprint density at radius 1 is 1.06 bits per heavy atom. The lowest BCUT2D eigenvalue weighted by Crippen LogP contribution is -2.35. The summed E-state index contributed by atoms with van der Waals surface area (Å²) in [6, 6.07) is 14.4. The molecule has 0 radical (unpaired) electrons. The summed E-state index contributed by atoms with van der Waals surface area (Å²) in [6.45, 7) is 0.636. The van der Waals surface area contributed by atoms with E-state index < -0.39 is 0 Å². The van der Waals surface area contributed by atoms with Crippen molar-refractivity contribution in [1.29, 1.82) is 0 Å². The summed E-state index contributed by atoms with van der Waals surface area (Å²) < 4.78 is 15.8. The Hall–Kier alpha value is -3.74. The van der Waals surface area contributed by atoms with Crippen LogP contribution >= 0.6 is 0 Å². The van der Waals surface area contributed by atoms with Gasteiger partial charge in [0.1, 0.15) is 0 Å². The molecule has 0 saturated heterocycles. The maximum absolute atomic E-state index is 12.7. The number of ether oxygens (including phenoxy) is 2. The van der Waals surface area contributed by atoms with Crippen molar-refractivity contribution in [2.24, 2.45) is 0 Å². The molecule has 4 rings (SSSR count). The zero-order chi connectivity index (χ0) is 21.8. The molecule has 2 heterocycles. The van der Waals surface area contributed by atoms with Crippen LogP contribution in [0.5, 0.6) is 11.5 Å². The van der Waals surface area contributed by atoms with E-state index in [4.69, 9.17) is 13.9 Å². The molecule has 2 amide bonds. The molecule has 0 atom stereocenters. The van der Waals surface area contributed by atoms with Crippen LogP contribution in [0.2, 0.25) is 0 Å². The normalized spacial score (nSPS) is 12.8. The molecule has 3 aromatic rings. The molecular weight excluding hydrogens is 396 g/mol. The number of carbonyl (C=O) groups excluding carboxylic acids is 2. The summed E-state index contributed by atoms with van der Waals surface area (Å²) in [5.74, 6) is 1.24. The van der Waals surface area contributed by atoms with Gasteiger partial charge in [0.25, 0.3) is 5.91 Å². The minimum Gasteiger partial charge on any atom is -0.493 e. The second kappa shape index (κ2) is 8.95. The second-order valence-electron chi connectivity index (χ2n) is 7.30. The lowest BCUT2D eigenvalue weighted by molar-refractivity contribution is -0.115. The number of nitrogens with zero attached hydrogens (tertiary/aromatic N) is 1. The number of benzene rings is 2. The van der Waals surface area contributed by atoms with Crippen molar-refractivity contribution in [2.75, 3.05) is 31.0 Å². The largest absolute Gasteiger partial charge is 0.493 e. The maximum atomic E-state index is 12.7. The summed E-state index contributed by atoms with van der Waals surface area (Å²) in [6.07, 6.45) is 3.40. The van der Waals surface area contributed by atoms with Crippen LogP contribution in [0.15, 0.2) is 59.2 Å². The van der Waals surface area contributed by atoms with Crippen LogP contribution < -0.4 is 19.7 Å². The lowest BCUT2D eigenvalue weighted by atomic mass is 10.0. The van der Waals surface area contributed by atoms with Crippen LogP contribution in [0.3, 0.4) is 0 Å². The van der Waals surface area contributed by atoms with Gasteiger partial charge in [0, 0.05) is 17.9 Å². The summed E-state index contributed by atoms with van der Waals surface area (Å²) in [7, 11) is 3.14. The number of aryl methyl sites for hydroxylation is 1. The quantitative estimate of drug-likeness (QED) is 0.650. The number of amides is 2. The van der Waals surface area contributed by atoms with E-state index in [0.29, 0.717) is 29.5 Å². The van der Waals surface area contributed by atoms with Gasteiger partial charge in [-0.25, -0.2) is 0 Å². The van der Waals surface area contributed by atoms with Gasteiger partial charge in [-0.05, 0) is 66.4 Å². The molecule has 0 unspecified atom stereocenters. The molecule has 31 heavy (non-hydrogen) atoms. The Kier molecular flexibility index (Phi) is 5.93. The van der Waals surface area contributed by atoms with Gasteiger partial charge >= 0.3 is 0 Å². The molecule has 1 aromatic heterocycles. The fourth-order valence-electron chi connectivity index (χ4n) is 3.80. The molecule has 1 N–H and O–H groups in total. The average Bonchev–Trinajstić information content (AvgIpc) is 3.33. The second-order valence-corrected chi connectivity index (χ2v) is 7.30. The zero-order valence-corrected chi connectivity index (χ0v) is 17.5. The number of hydrogen-bond acceptors (Lipinski definition) is 5. The van der Waals surface area contributed by atoms with E-state index in [2.05, 4.69) is 5.32 Å². The Labute approximate surface area is 180 Å². The first-order valence-corrected chi connectivity index (χ1v) is 10.1. The van der Waals surface area contributed by atoms with Crippen molar-refractivity contribution in [2.45, 2.75) is 19.3 Å². The van der Waals surface area contributed by atoms with Crippen molar-refractivity contribution in [3.05, 3.63) is 71.7 Å².